The number of amides is 2. The van der Waals surface area contributed by atoms with Gasteiger partial charge in [0.05, 0.1) is 0 Å². The third kappa shape index (κ3) is 6.51. The summed E-state index contributed by atoms with van der Waals surface area (Å²) in [5.41, 5.74) is 0.406. The molecule has 0 radical (unpaired) electrons. The van der Waals surface area contributed by atoms with Crippen LogP contribution in [0.5, 0.6) is 0 Å². The first kappa shape index (κ1) is 20.5. The molecule has 1 rings (SSSR count). The smallest absolute Gasteiger partial charge is 0.408 e. The van der Waals surface area contributed by atoms with Crippen molar-refractivity contribution in [1.82, 2.24) is 10.2 Å². The van der Waals surface area contributed by atoms with Crippen molar-refractivity contribution >= 4 is 27.9 Å². The number of ether oxygens (including phenoxy) is 1. The lowest BCUT2D eigenvalue weighted by molar-refractivity contribution is -0.133. The zero-order valence-electron chi connectivity index (χ0n) is 15.2. The number of carbonyl (C=O) groups is 2. The topological polar surface area (TPSA) is 58.6 Å². The van der Waals surface area contributed by atoms with Gasteiger partial charge in [0, 0.05) is 18.1 Å². The maximum Gasteiger partial charge on any atom is 0.408 e. The van der Waals surface area contributed by atoms with Crippen molar-refractivity contribution in [3.63, 3.8) is 0 Å². The molecule has 1 unspecified atom stereocenters. The van der Waals surface area contributed by atoms with E-state index in [-0.39, 0.29) is 11.8 Å². The normalized spacial score (nSPS) is 12.7. The van der Waals surface area contributed by atoms with Gasteiger partial charge in [-0.25, -0.2) is 4.79 Å². The molecule has 134 valence electrons. The zero-order chi connectivity index (χ0) is 18.5. The average Bonchev–Trinajstić information content (AvgIpc) is 2.44. The summed E-state index contributed by atoms with van der Waals surface area (Å²) in [5, 5.41) is 2.69. The first-order valence-corrected chi connectivity index (χ1v) is 8.78. The maximum absolute atomic E-state index is 12.7. The second kappa shape index (κ2) is 8.51. The second-order valence-electron chi connectivity index (χ2n) is 7.15. The molecule has 0 aliphatic carbocycles. The molecule has 1 N–H and O–H groups in total. The van der Waals surface area contributed by atoms with E-state index in [0.29, 0.717) is 6.54 Å². The molecule has 0 aliphatic rings. The molecule has 1 atom stereocenters. The van der Waals surface area contributed by atoms with Crippen LogP contribution in [0.2, 0.25) is 0 Å². The van der Waals surface area contributed by atoms with E-state index in [1.165, 1.54) is 0 Å². The summed E-state index contributed by atoms with van der Waals surface area (Å²) >= 11 is 3.49. The van der Waals surface area contributed by atoms with Gasteiger partial charge < -0.3 is 15.0 Å². The van der Waals surface area contributed by atoms with Crippen molar-refractivity contribution in [2.75, 3.05) is 7.05 Å². The van der Waals surface area contributed by atoms with Crippen LogP contribution in [0.3, 0.4) is 0 Å². The van der Waals surface area contributed by atoms with E-state index < -0.39 is 17.7 Å². The molecule has 0 spiro atoms. The number of rotatable bonds is 5. The summed E-state index contributed by atoms with van der Waals surface area (Å²) in [6, 6.07) is 7.12. The SMILES string of the molecule is CC(C)C(NC(=O)OC(C)(C)C)C(=O)N(C)Cc1ccccc1Br. The lowest BCUT2D eigenvalue weighted by atomic mass is 10.0. The summed E-state index contributed by atoms with van der Waals surface area (Å²) in [7, 11) is 1.73. The van der Waals surface area contributed by atoms with Crippen molar-refractivity contribution in [1.29, 1.82) is 0 Å². The van der Waals surface area contributed by atoms with Crippen molar-refractivity contribution in [3.8, 4) is 0 Å². The summed E-state index contributed by atoms with van der Waals surface area (Å²) in [4.78, 5) is 26.4. The molecule has 0 saturated carbocycles. The number of alkyl carbamates (subject to hydrolysis) is 1. The monoisotopic (exact) mass is 398 g/mol. The standard InChI is InChI=1S/C18H27BrN2O3/c1-12(2)15(20-17(23)24-18(3,4)5)16(22)21(6)11-13-9-7-8-10-14(13)19/h7-10,12,15H,11H2,1-6H3,(H,20,23). The molecular weight excluding hydrogens is 372 g/mol. The largest absolute Gasteiger partial charge is 0.444 e. The van der Waals surface area contributed by atoms with Crippen LogP contribution in [0.4, 0.5) is 4.79 Å². The molecule has 0 fully saturated rings. The summed E-state index contributed by atoms with van der Waals surface area (Å²) in [6.07, 6.45) is -0.580. The minimum absolute atomic E-state index is 0.0494. The Morgan fingerprint density at radius 1 is 1.25 bits per heavy atom. The Balaban J connectivity index is 2.79. The van der Waals surface area contributed by atoms with Gasteiger partial charge in [0.1, 0.15) is 11.6 Å². The van der Waals surface area contributed by atoms with Gasteiger partial charge >= 0.3 is 6.09 Å². The van der Waals surface area contributed by atoms with Gasteiger partial charge in [-0.3, -0.25) is 4.79 Å². The first-order valence-electron chi connectivity index (χ1n) is 7.99. The van der Waals surface area contributed by atoms with Gasteiger partial charge in [0.2, 0.25) is 5.91 Å². The molecule has 0 saturated heterocycles. The predicted molar refractivity (Wildman–Crippen MR) is 98.6 cm³/mol. The van der Waals surface area contributed by atoms with Crippen molar-refractivity contribution in [3.05, 3.63) is 34.3 Å². The minimum Gasteiger partial charge on any atom is -0.444 e. The summed E-state index contributed by atoms with van der Waals surface area (Å²) < 4.78 is 6.21. The fourth-order valence-corrected chi connectivity index (χ4v) is 2.56. The molecule has 0 bridgehead atoms. The highest BCUT2D eigenvalue weighted by atomic mass is 79.9. The number of hydrogen-bond donors (Lipinski definition) is 1. The van der Waals surface area contributed by atoms with E-state index in [1.807, 2.05) is 38.1 Å². The summed E-state index contributed by atoms with van der Waals surface area (Å²) in [5.74, 6) is -0.196. The van der Waals surface area contributed by atoms with Crippen LogP contribution in [-0.2, 0) is 16.1 Å². The molecule has 24 heavy (non-hydrogen) atoms. The predicted octanol–water partition coefficient (Wildman–Crippen LogP) is 3.96. The van der Waals surface area contributed by atoms with Crippen LogP contribution in [0.15, 0.2) is 28.7 Å². The third-order valence-electron chi connectivity index (χ3n) is 3.35. The molecule has 1 aromatic rings. The van der Waals surface area contributed by atoms with Gasteiger partial charge in [-0.2, -0.15) is 0 Å². The number of benzene rings is 1. The van der Waals surface area contributed by atoms with Gasteiger partial charge in [0.25, 0.3) is 0 Å². The Kier molecular flexibility index (Phi) is 7.27. The quantitative estimate of drug-likeness (QED) is 0.816. The van der Waals surface area contributed by atoms with Crippen LogP contribution in [0.1, 0.15) is 40.2 Å². The van der Waals surface area contributed by atoms with E-state index in [1.54, 1.807) is 32.7 Å². The highest BCUT2D eigenvalue weighted by Crippen LogP contribution is 2.18. The lowest BCUT2D eigenvalue weighted by Gasteiger charge is -2.28. The number of likely N-dealkylation sites (N-methyl/N-ethyl adjacent to an activating group) is 1. The molecule has 6 heteroatoms. The van der Waals surface area contributed by atoms with Crippen LogP contribution in [-0.4, -0.2) is 35.6 Å². The van der Waals surface area contributed by atoms with Crippen molar-refractivity contribution in [2.24, 2.45) is 5.92 Å². The third-order valence-corrected chi connectivity index (χ3v) is 4.12. The highest BCUT2D eigenvalue weighted by molar-refractivity contribution is 9.10. The summed E-state index contributed by atoms with van der Waals surface area (Å²) in [6.45, 7) is 9.62. The maximum atomic E-state index is 12.7. The average molecular weight is 399 g/mol. The Morgan fingerprint density at radius 2 is 1.83 bits per heavy atom. The Hall–Kier alpha value is -1.56. The minimum atomic E-state index is -0.632. The van der Waals surface area contributed by atoms with E-state index >= 15 is 0 Å². The molecule has 0 aliphatic heterocycles. The zero-order valence-corrected chi connectivity index (χ0v) is 16.8. The van der Waals surface area contributed by atoms with Crippen LogP contribution in [0.25, 0.3) is 0 Å². The first-order chi connectivity index (χ1) is 11.0. The molecule has 0 heterocycles. The van der Waals surface area contributed by atoms with Crippen LogP contribution >= 0.6 is 15.9 Å². The van der Waals surface area contributed by atoms with Gasteiger partial charge in [0.15, 0.2) is 0 Å². The molecule has 2 amide bonds. The number of halogens is 1. The Morgan fingerprint density at radius 3 is 2.33 bits per heavy atom. The lowest BCUT2D eigenvalue weighted by Crippen LogP contribution is -2.51. The van der Waals surface area contributed by atoms with E-state index in [0.717, 1.165) is 10.0 Å². The number of hydrogen-bond acceptors (Lipinski definition) is 3. The second-order valence-corrected chi connectivity index (χ2v) is 8.01. The highest BCUT2D eigenvalue weighted by Gasteiger charge is 2.29. The molecular formula is C18H27BrN2O3. The van der Waals surface area contributed by atoms with Crippen LogP contribution < -0.4 is 5.32 Å². The van der Waals surface area contributed by atoms with E-state index in [4.69, 9.17) is 4.74 Å². The van der Waals surface area contributed by atoms with E-state index in [2.05, 4.69) is 21.2 Å². The fraction of sp³-hybridized carbons (Fsp3) is 0.556. The van der Waals surface area contributed by atoms with Gasteiger partial charge in [-0.05, 0) is 38.3 Å². The van der Waals surface area contributed by atoms with E-state index in [9.17, 15) is 9.59 Å². The molecule has 0 aromatic heterocycles. The number of nitrogens with zero attached hydrogens (tertiary/aromatic N) is 1. The number of carbonyl (C=O) groups excluding carboxylic acids is 2. The van der Waals surface area contributed by atoms with Gasteiger partial charge in [-0.1, -0.05) is 48.0 Å². The van der Waals surface area contributed by atoms with Gasteiger partial charge in [-0.15, -0.1) is 0 Å². The fourth-order valence-electron chi connectivity index (χ4n) is 2.15. The van der Waals surface area contributed by atoms with Crippen LogP contribution in [0, 0.1) is 5.92 Å². The molecule has 5 nitrogen and oxygen atoms in total. The molecule has 1 aromatic carbocycles. The Labute approximate surface area is 152 Å². The Bertz CT molecular complexity index is 582. The van der Waals surface area contributed by atoms with Crippen molar-refractivity contribution in [2.45, 2.75) is 52.8 Å². The number of nitrogens with one attached hydrogen (secondary N) is 1. The van der Waals surface area contributed by atoms with Crippen molar-refractivity contribution < 1.29 is 14.3 Å².